The first-order valence-electron chi connectivity index (χ1n) is 5.72. The van der Waals surface area contributed by atoms with E-state index in [9.17, 15) is 9.59 Å². The monoisotopic (exact) mass is 308 g/mol. The van der Waals surface area contributed by atoms with E-state index in [-0.39, 0.29) is 17.9 Å². The highest BCUT2D eigenvalue weighted by molar-refractivity contribution is 7.18. The first kappa shape index (κ1) is 13.0. The van der Waals surface area contributed by atoms with Crippen LogP contribution in [0, 0.1) is 0 Å². The molecular weight excluding hydrogens is 300 g/mol. The number of aryl methyl sites for hydroxylation is 1. The molecule has 0 fully saturated rings. The maximum absolute atomic E-state index is 12.2. The van der Waals surface area contributed by atoms with Crippen LogP contribution in [0.25, 0.3) is 11.0 Å². The van der Waals surface area contributed by atoms with Gasteiger partial charge in [0, 0.05) is 7.05 Å². The summed E-state index contributed by atoms with van der Waals surface area (Å²) in [6, 6.07) is 3.31. The lowest BCUT2D eigenvalue weighted by molar-refractivity contribution is 0.0974. The fraction of sp³-hybridized carbons (Fsp3) is 0.167. The van der Waals surface area contributed by atoms with E-state index in [1.165, 1.54) is 33.1 Å². The summed E-state index contributed by atoms with van der Waals surface area (Å²) in [7, 11) is 1.71. The Morgan fingerprint density at radius 1 is 1.45 bits per heavy atom. The highest BCUT2D eigenvalue weighted by atomic mass is 35.5. The van der Waals surface area contributed by atoms with Gasteiger partial charge in [-0.05, 0) is 12.1 Å². The number of thiophene rings is 1. The van der Waals surface area contributed by atoms with Gasteiger partial charge in [0.25, 0.3) is 5.56 Å². The Morgan fingerprint density at radius 2 is 2.25 bits per heavy atom. The molecular formula is C12H9ClN4O2S. The Bertz CT molecular complexity index is 864. The van der Waals surface area contributed by atoms with E-state index < -0.39 is 0 Å². The highest BCUT2D eigenvalue weighted by Crippen LogP contribution is 2.22. The summed E-state index contributed by atoms with van der Waals surface area (Å²) in [5.74, 6) is -0.172. The fourth-order valence-corrected chi connectivity index (χ4v) is 2.85. The van der Waals surface area contributed by atoms with Gasteiger partial charge in [0.15, 0.2) is 11.4 Å². The van der Waals surface area contributed by atoms with E-state index in [0.717, 1.165) is 0 Å². The largest absolute Gasteiger partial charge is 0.291 e. The molecule has 0 aliphatic carbocycles. The van der Waals surface area contributed by atoms with Gasteiger partial charge in [-0.2, -0.15) is 5.10 Å². The predicted octanol–water partition coefficient (Wildman–Crippen LogP) is 1.73. The SMILES string of the molecule is Cn1ncc2c(=O)n(CC(=O)c3ccc(Cl)s3)cnc21. The van der Waals surface area contributed by atoms with Crippen molar-refractivity contribution in [2.45, 2.75) is 6.54 Å². The molecule has 0 aliphatic rings. The molecule has 0 amide bonds. The van der Waals surface area contributed by atoms with Crippen LogP contribution in [0.1, 0.15) is 9.67 Å². The van der Waals surface area contributed by atoms with Gasteiger partial charge >= 0.3 is 0 Å². The van der Waals surface area contributed by atoms with E-state index in [1.807, 2.05) is 0 Å². The number of halogens is 1. The van der Waals surface area contributed by atoms with Gasteiger partial charge in [-0.1, -0.05) is 11.6 Å². The number of fused-ring (bicyclic) bond motifs is 1. The van der Waals surface area contributed by atoms with Gasteiger partial charge < -0.3 is 0 Å². The van der Waals surface area contributed by atoms with Gasteiger partial charge in [-0.15, -0.1) is 11.3 Å². The van der Waals surface area contributed by atoms with Crippen LogP contribution in [-0.2, 0) is 13.6 Å². The molecule has 102 valence electrons. The van der Waals surface area contributed by atoms with Crippen LogP contribution in [0.15, 0.2) is 29.5 Å². The Morgan fingerprint density at radius 3 is 2.95 bits per heavy atom. The number of ketones is 1. The Kier molecular flexibility index (Phi) is 3.15. The van der Waals surface area contributed by atoms with Crippen LogP contribution in [0.5, 0.6) is 0 Å². The van der Waals surface area contributed by atoms with E-state index in [1.54, 1.807) is 19.2 Å². The van der Waals surface area contributed by atoms with Gasteiger partial charge in [-0.25, -0.2) is 4.98 Å². The van der Waals surface area contributed by atoms with Crippen LogP contribution in [0.3, 0.4) is 0 Å². The van der Waals surface area contributed by atoms with Gasteiger partial charge in [0.05, 0.1) is 22.0 Å². The molecule has 0 saturated carbocycles. The zero-order valence-electron chi connectivity index (χ0n) is 10.4. The maximum Gasteiger partial charge on any atom is 0.264 e. The molecule has 0 aliphatic heterocycles. The van der Waals surface area contributed by atoms with E-state index in [4.69, 9.17) is 11.6 Å². The van der Waals surface area contributed by atoms with Gasteiger partial charge in [-0.3, -0.25) is 18.8 Å². The number of aromatic nitrogens is 4. The maximum atomic E-state index is 12.2. The van der Waals surface area contributed by atoms with Crippen molar-refractivity contribution < 1.29 is 4.79 Å². The molecule has 3 aromatic rings. The van der Waals surface area contributed by atoms with E-state index >= 15 is 0 Å². The number of hydrogen-bond donors (Lipinski definition) is 0. The van der Waals surface area contributed by atoms with Crippen molar-refractivity contribution in [2.75, 3.05) is 0 Å². The summed E-state index contributed by atoms with van der Waals surface area (Å²) in [5, 5.41) is 4.37. The molecule has 20 heavy (non-hydrogen) atoms. The average Bonchev–Trinajstić information content (AvgIpc) is 3.00. The Hall–Kier alpha value is -1.99. The first-order chi connectivity index (χ1) is 9.56. The van der Waals surface area contributed by atoms with Crippen LogP contribution in [-0.4, -0.2) is 25.1 Å². The normalized spacial score (nSPS) is 11.1. The first-order valence-corrected chi connectivity index (χ1v) is 6.91. The van der Waals surface area contributed by atoms with Crippen LogP contribution in [0.2, 0.25) is 4.34 Å². The van der Waals surface area contributed by atoms with Crippen LogP contribution in [0.4, 0.5) is 0 Å². The summed E-state index contributed by atoms with van der Waals surface area (Å²) in [5.41, 5.74) is 0.219. The standard InChI is InChI=1S/C12H9ClN4O2S/c1-16-11-7(4-15-16)12(19)17(6-14-11)5-8(18)9-2-3-10(13)20-9/h2-4,6H,5H2,1H3. The van der Waals surface area contributed by atoms with E-state index in [2.05, 4.69) is 10.1 Å². The molecule has 0 radical (unpaired) electrons. The minimum Gasteiger partial charge on any atom is -0.291 e. The van der Waals surface area contributed by atoms with E-state index in [0.29, 0.717) is 20.2 Å². The van der Waals surface area contributed by atoms with Crippen LogP contribution >= 0.6 is 22.9 Å². The summed E-state index contributed by atoms with van der Waals surface area (Å²) in [4.78, 5) is 28.9. The Balaban J connectivity index is 1.97. The lowest BCUT2D eigenvalue weighted by Gasteiger charge is -2.03. The number of hydrogen-bond acceptors (Lipinski definition) is 5. The summed E-state index contributed by atoms with van der Waals surface area (Å²) >= 11 is 6.99. The minimum absolute atomic E-state index is 0.0620. The molecule has 0 aromatic carbocycles. The van der Waals surface area contributed by atoms with Gasteiger partial charge in [0.2, 0.25) is 0 Å². The fourth-order valence-electron chi connectivity index (χ4n) is 1.88. The molecule has 0 atom stereocenters. The molecule has 0 saturated heterocycles. The molecule has 6 nitrogen and oxygen atoms in total. The number of carbonyl (C=O) groups excluding carboxylic acids is 1. The van der Waals surface area contributed by atoms with Crippen molar-refractivity contribution >= 4 is 39.8 Å². The highest BCUT2D eigenvalue weighted by Gasteiger charge is 2.13. The number of nitrogens with zero attached hydrogens (tertiary/aromatic N) is 4. The molecule has 0 spiro atoms. The second-order valence-corrected chi connectivity index (χ2v) is 5.93. The average molecular weight is 309 g/mol. The molecule has 0 unspecified atom stereocenters. The predicted molar refractivity (Wildman–Crippen MR) is 76.4 cm³/mol. The third-order valence-electron chi connectivity index (χ3n) is 2.88. The summed E-state index contributed by atoms with van der Waals surface area (Å²) in [6.07, 6.45) is 2.81. The quantitative estimate of drug-likeness (QED) is 0.691. The number of Topliss-reactive ketones (excluding diaryl/α,β-unsaturated/α-hetero) is 1. The third-order valence-corrected chi connectivity index (χ3v) is 4.15. The second-order valence-electron chi connectivity index (χ2n) is 4.21. The molecule has 3 aromatic heterocycles. The summed E-state index contributed by atoms with van der Waals surface area (Å²) < 4.78 is 3.34. The number of rotatable bonds is 3. The molecule has 8 heteroatoms. The third kappa shape index (κ3) is 2.14. The zero-order valence-corrected chi connectivity index (χ0v) is 12.0. The smallest absolute Gasteiger partial charge is 0.264 e. The van der Waals surface area contributed by atoms with Crippen molar-refractivity contribution in [1.82, 2.24) is 19.3 Å². The molecule has 3 rings (SSSR count). The lowest BCUT2D eigenvalue weighted by Crippen LogP contribution is -2.24. The zero-order chi connectivity index (χ0) is 14.3. The Labute approximate surface area is 122 Å². The van der Waals surface area contributed by atoms with Crippen molar-refractivity contribution in [2.24, 2.45) is 7.05 Å². The van der Waals surface area contributed by atoms with Crippen LogP contribution < -0.4 is 5.56 Å². The topological polar surface area (TPSA) is 69.8 Å². The van der Waals surface area contributed by atoms with Crippen molar-refractivity contribution in [3.8, 4) is 0 Å². The molecule has 0 N–H and O–H groups in total. The van der Waals surface area contributed by atoms with Crippen molar-refractivity contribution in [1.29, 1.82) is 0 Å². The number of carbonyl (C=O) groups is 1. The van der Waals surface area contributed by atoms with Crippen molar-refractivity contribution in [3.63, 3.8) is 0 Å². The molecule has 0 bridgehead atoms. The summed E-state index contributed by atoms with van der Waals surface area (Å²) in [6.45, 7) is -0.0620. The van der Waals surface area contributed by atoms with Crippen molar-refractivity contribution in [3.05, 3.63) is 44.2 Å². The van der Waals surface area contributed by atoms with Gasteiger partial charge in [0.1, 0.15) is 11.7 Å². The second kappa shape index (κ2) is 4.84. The molecule has 3 heterocycles. The minimum atomic E-state index is -0.279. The lowest BCUT2D eigenvalue weighted by atomic mass is 10.3.